The molecular formula is C14H13BrN2O2. The van der Waals surface area contributed by atoms with Gasteiger partial charge in [0.15, 0.2) is 0 Å². The van der Waals surface area contributed by atoms with E-state index in [0.717, 1.165) is 15.6 Å². The normalized spacial score (nSPS) is 12.1. The molecule has 0 aliphatic rings. The largest absolute Gasteiger partial charge is 0.481 e. The highest BCUT2D eigenvalue weighted by Gasteiger charge is 2.23. The van der Waals surface area contributed by atoms with Gasteiger partial charge in [0.05, 0.1) is 4.47 Å². The lowest BCUT2D eigenvalue weighted by molar-refractivity contribution is -0.139. The smallest absolute Gasteiger partial charge is 0.314 e. The van der Waals surface area contributed by atoms with Crippen molar-refractivity contribution in [3.8, 4) is 0 Å². The topological polar surface area (TPSA) is 63.1 Å². The molecule has 1 atom stereocenters. The van der Waals surface area contributed by atoms with Crippen molar-refractivity contribution in [3.05, 3.63) is 58.1 Å². The van der Waals surface area contributed by atoms with Crippen LogP contribution in [0.1, 0.15) is 22.9 Å². The minimum atomic E-state index is -0.913. The van der Waals surface area contributed by atoms with Gasteiger partial charge in [0.25, 0.3) is 0 Å². The molecule has 98 valence electrons. The maximum absolute atomic E-state index is 11.4. The minimum absolute atomic E-state index is 0.331. The van der Waals surface area contributed by atoms with E-state index in [1.807, 2.05) is 31.2 Å². The highest BCUT2D eigenvalue weighted by Crippen LogP contribution is 2.19. The molecule has 0 aliphatic carbocycles. The summed E-state index contributed by atoms with van der Waals surface area (Å²) in [4.78, 5) is 19.5. The van der Waals surface area contributed by atoms with Crippen LogP contribution in [0.5, 0.6) is 0 Å². The quantitative estimate of drug-likeness (QED) is 0.940. The number of aliphatic carboxylic acids is 1. The summed E-state index contributed by atoms with van der Waals surface area (Å²) in [6.45, 7) is 1.98. The van der Waals surface area contributed by atoms with Gasteiger partial charge >= 0.3 is 5.97 Å². The Morgan fingerprint density at radius 1 is 1.37 bits per heavy atom. The molecule has 2 aromatic rings. The molecule has 1 N–H and O–H groups in total. The zero-order chi connectivity index (χ0) is 13.8. The summed E-state index contributed by atoms with van der Waals surface area (Å²) >= 11 is 3.24. The third kappa shape index (κ3) is 3.61. The van der Waals surface area contributed by atoms with E-state index < -0.39 is 11.9 Å². The first kappa shape index (κ1) is 13.7. The van der Waals surface area contributed by atoms with Gasteiger partial charge in [-0.15, -0.1) is 0 Å². The summed E-state index contributed by atoms with van der Waals surface area (Å²) in [5.74, 6) is -1.31. The molecule has 4 nitrogen and oxygen atoms in total. The van der Waals surface area contributed by atoms with E-state index in [1.165, 1.54) is 0 Å². The predicted octanol–water partition coefficient (Wildman–Crippen LogP) is 2.96. The standard InChI is InChI=1S/C14H13BrN2O2/c1-9-3-2-4-10(5-9)6-12(14(18)19)13-16-7-11(15)8-17-13/h2-5,7-8,12H,6H2,1H3,(H,18,19). The summed E-state index contributed by atoms with van der Waals surface area (Å²) in [5, 5.41) is 9.33. The zero-order valence-electron chi connectivity index (χ0n) is 10.4. The van der Waals surface area contributed by atoms with Gasteiger partial charge in [-0.3, -0.25) is 4.79 Å². The lowest BCUT2D eigenvalue weighted by Crippen LogP contribution is -2.17. The molecule has 1 heterocycles. The fourth-order valence-electron chi connectivity index (χ4n) is 1.87. The maximum atomic E-state index is 11.4. The van der Waals surface area contributed by atoms with Crippen molar-refractivity contribution < 1.29 is 9.90 Å². The number of carbonyl (C=O) groups is 1. The average Bonchev–Trinajstić information content (AvgIpc) is 2.37. The molecule has 1 unspecified atom stereocenters. The van der Waals surface area contributed by atoms with Crippen LogP contribution < -0.4 is 0 Å². The summed E-state index contributed by atoms with van der Waals surface area (Å²) in [6, 6.07) is 7.80. The van der Waals surface area contributed by atoms with Gasteiger partial charge in [-0.2, -0.15) is 0 Å². The average molecular weight is 321 g/mol. The number of benzene rings is 1. The fraction of sp³-hybridized carbons (Fsp3) is 0.214. The van der Waals surface area contributed by atoms with Crippen LogP contribution in [0.2, 0.25) is 0 Å². The number of rotatable bonds is 4. The van der Waals surface area contributed by atoms with Crippen LogP contribution >= 0.6 is 15.9 Å². The van der Waals surface area contributed by atoms with Crippen LogP contribution in [0.25, 0.3) is 0 Å². The van der Waals surface area contributed by atoms with E-state index in [-0.39, 0.29) is 0 Å². The second-order valence-electron chi connectivity index (χ2n) is 4.34. The van der Waals surface area contributed by atoms with Crippen molar-refractivity contribution in [1.82, 2.24) is 9.97 Å². The van der Waals surface area contributed by atoms with E-state index in [9.17, 15) is 9.90 Å². The molecule has 0 aliphatic heterocycles. The van der Waals surface area contributed by atoms with E-state index >= 15 is 0 Å². The Kier molecular flexibility index (Phi) is 4.27. The highest BCUT2D eigenvalue weighted by atomic mass is 79.9. The SMILES string of the molecule is Cc1cccc(CC(C(=O)O)c2ncc(Br)cn2)c1. The van der Waals surface area contributed by atoms with Crippen molar-refractivity contribution in [2.45, 2.75) is 19.3 Å². The number of halogens is 1. The zero-order valence-corrected chi connectivity index (χ0v) is 12.0. The lowest BCUT2D eigenvalue weighted by Gasteiger charge is -2.11. The Balaban J connectivity index is 2.26. The number of carboxylic acid groups (broad SMARTS) is 1. The van der Waals surface area contributed by atoms with Gasteiger partial charge in [0.2, 0.25) is 0 Å². The van der Waals surface area contributed by atoms with E-state index in [4.69, 9.17) is 0 Å². The van der Waals surface area contributed by atoms with Crippen molar-refractivity contribution >= 4 is 21.9 Å². The Hall–Kier alpha value is -1.75. The Morgan fingerprint density at radius 2 is 2.05 bits per heavy atom. The first-order valence-electron chi connectivity index (χ1n) is 5.82. The number of nitrogens with zero attached hydrogens (tertiary/aromatic N) is 2. The van der Waals surface area contributed by atoms with E-state index in [2.05, 4.69) is 25.9 Å². The molecule has 0 amide bonds. The van der Waals surface area contributed by atoms with Crippen LogP contribution in [0.4, 0.5) is 0 Å². The Bertz CT molecular complexity index is 584. The molecule has 0 radical (unpaired) electrons. The highest BCUT2D eigenvalue weighted by molar-refractivity contribution is 9.10. The monoisotopic (exact) mass is 320 g/mol. The van der Waals surface area contributed by atoms with Crippen molar-refractivity contribution in [1.29, 1.82) is 0 Å². The number of aryl methyl sites for hydroxylation is 1. The number of aromatic nitrogens is 2. The van der Waals surface area contributed by atoms with Gasteiger partial charge in [-0.1, -0.05) is 29.8 Å². The van der Waals surface area contributed by atoms with Gasteiger partial charge in [0.1, 0.15) is 11.7 Å². The minimum Gasteiger partial charge on any atom is -0.481 e. The molecule has 1 aromatic carbocycles. The third-order valence-electron chi connectivity index (χ3n) is 2.77. The summed E-state index contributed by atoms with van der Waals surface area (Å²) in [7, 11) is 0. The summed E-state index contributed by atoms with van der Waals surface area (Å²) < 4.78 is 0.732. The third-order valence-corrected chi connectivity index (χ3v) is 3.18. The van der Waals surface area contributed by atoms with E-state index in [0.29, 0.717) is 12.2 Å². The molecule has 0 fully saturated rings. The van der Waals surface area contributed by atoms with Gasteiger partial charge in [0, 0.05) is 12.4 Å². The Labute approximate surface area is 119 Å². The molecule has 19 heavy (non-hydrogen) atoms. The van der Waals surface area contributed by atoms with Crippen LogP contribution in [-0.4, -0.2) is 21.0 Å². The van der Waals surface area contributed by atoms with Crippen molar-refractivity contribution in [3.63, 3.8) is 0 Å². The molecule has 0 saturated carbocycles. The molecule has 1 aromatic heterocycles. The van der Waals surface area contributed by atoms with Crippen LogP contribution in [0, 0.1) is 6.92 Å². The Morgan fingerprint density at radius 3 is 2.63 bits per heavy atom. The molecule has 0 saturated heterocycles. The first-order chi connectivity index (χ1) is 9.06. The number of hydrogen-bond donors (Lipinski definition) is 1. The lowest BCUT2D eigenvalue weighted by atomic mass is 9.97. The molecule has 0 bridgehead atoms. The molecule has 0 spiro atoms. The van der Waals surface area contributed by atoms with Crippen LogP contribution in [-0.2, 0) is 11.2 Å². The van der Waals surface area contributed by atoms with E-state index in [1.54, 1.807) is 12.4 Å². The van der Waals surface area contributed by atoms with Crippen LogP contribution in [0.15, 0.2) is 41.1 Å². The second kappa shape index (κ2) is 5.93. The summed E-state index contributed by atoms with van der Waals surface area (Å²) in [5.41, 5.74) is 2.08. The van der Waals surface area contributed by atoms with Gasteiger partial charge in [-0.05, 0) is 34.8 Å². The number of hydrogen-bond acceptors (Lipinski definition) is 3. The fourth-order valence-corrected chi connectivity index (χ4v) is 2.07. The van der Waals surface area contributed by atoms with Crippen molar-refractivity contribution in [2.24, 2.45) is 0 Å². The van der Waals surface area contributed by atoms with Crippen LogP contribution in [0.3, 0.4) is 0 Å². The second-order valence-corrected chi connectivity index (χ2v) is 5.26. The van der Waals surface area contributed by atoms with Crippen molar-refractivity contribution in [2.75, 3.05) is 0 Å². The summed E-state index contributed by atoms with van der Waals surface area (Å²) in [6.07, 6.45) is 3.52. The van der Waals surface area contributed by atoms with Gasteiger partial charge in [-0.25, -0.2) is 9.97 Å². The molecular weight excluding hydrogens is 308 g/mol. The first-order valence-corrected chi connectivity index (χ1v) is 6.61. The van der Waals surface area contributed by atoms with Gasteiger partial charge < -0.3 is 5.11 Å². The number of carboxylic acids is 1. The molecule has 2 rings (SSSR count). The predicted molar refractivity (Wildman–Crippen MR) is 75.0 cm³/mol. The maximum Gasteiger partial charge on any atom is 0.314 e. The molecule has 5 heteroatoms.